The van der Waals surface area contributed by atoms with Crippen LogP contribution in [0.2, 0.25) is 19.1 Å². The molecule has 0 atom stereocenters. The maximum Gasteiger partial charge on any atom is 0.186 e. The van der Waals surface area contributed by atoms with Crippen molar-refractivity contribution in [1.82, 2.24) is 4.90 Å². The summed E-state index contributed by atoms with van der Waals surface area (Å²) in [7, 11) is 3.93. The Morgan fingerprint density at radius 2 is 1.41 bits per heavy atom. The molecule has 4 nitrogen and oxygen atoms in total. The topological polar surface area (TPSA) is 30.9 Å². The van der Waals surface area contributed by atoms with Crippen LogP contribution in [0.5, 0.6) is 0 Å². The Balaban J connectivity index is 3.81. The molecule has 0 radical (unpaired) electrons. The van der Waals surface area contributed by atoms with Crippen molar-refractivity contribution in [3.05, 3.63) is 0 Å². The van der Waals surface area contributed by atoms with Crippen LogP contribution in [0, 0.1) is 0 Å². The summed E-state index contributed by atoms with van der Waals surface area (Å²) in [4.78, 5) is 2.40. The minimum atomic E-state index is -1.40. The standard InChI is InChI=1S/C12H29NO3Si/c1-14-10-8-13(9-11-15-2)7-6-12-17(4,5)16-3/h6-12H2,1-5H3. The Kier molecular flexibility index (Phi) is 10.1. The smallest absolute Gasteiger partial charge is 0.186 e. The molecule has 0 N–H and O–H groups in total. The van der Waals surface area contributed by atoms with Crippen LogP contribution in [0.25, 0.3) is 0 Å². The summed E-state index contributed by atoms with van der Waals surface area (Å²) >= 11 is 0. The van der Waals surface area contributed by atoms with Crippen LogP contribution in [0.15, 0.2) is 0 Å². The molecule has 0 fully saturated rings. The number of hydrogen-bond donors (Lipinski definition) is 0. The minimum Gasteiger partial charge on any atom is -0.420 e. The van der Waals surface area contributed by atoms with Crippen molar-refractivity contribution in [2.45, 2.75) is 25.6 Å². The fourth-order valence-electron chi connectivity index (χ4n) is 1.61. The highest BCUT2D eigenvalue weighted by Gasteiger charge is 2.20. The van der Waals surface area contributed by atoms with Crippen LogP contribution < -0.4 is 0 Å². The first-order valence-electron chi connectivity index (χ1n) is 6.31. The normalized spacial score (nSPS) is 12.4. The highest BCUT2D eigenvalue weighted by Crippen LogP contribution is 2.12. The average molecular weight is 263 g/mol. The fourth-order valence-corrected chi connectivity index (χ4v) is 2.82. The van der Waals surface area contributed by atoms with E-state index in [2.05, 4.69) is 18.0 Å². The summed E-state index contributed by atoms with van der Waals surface area (Å²) in [6, 6.07) is 1.21. The zero-order valence-electron chi connectivity index (χ0n) is 12.1. The predicted molar refractivity (Wildman–Crippen MR) is 74.1 cm³/mol. The van der Waals surface area contributed by atoms with Crippen LogP contribution in [0.1, 0.15) is 6.42 Å². The molecule has 0 aromatic rings. The number of rotatable bonds is 11. The number of ether oxygens (including phenoxy) is 2. The van der Waals surface area contributed by atoms with Gasteiger partial charge in [0.25, 0.3) is 0 Å². The molecule has 0 aliphatic heterocycles. The fraction of sp³-hybridized carbons (Fsp3) is 1.00. The van der Waals surface area contributed by atoms with Crippen LogP contribution >= 0.6 is 0 Å². The maximum atomic E-state index is 5.55. The van der Waals surface area contributed by atoms with Crippen molar-refractivity contribution >= 4 is 8.32 Å². The van der Waals surface area contributed by atoms with E-state index in [-0.39, 0.29) is 0 Å². The molecule has 0 saturated carbocycles. The number of hydrogen-bond acceptors (Lipinski definition) is 4. The average Bonchev–Trinajstić information content (AvgIpc) is 2.31. The highest BCUT2D eigenvalue weighted by atomic mass is 28.4. The van der Waals surface area contributed by atoms with Crippen LogP contribution in [0.4, 0.5) is 0 Å². The van der Waals surface area contributed by atoms with E-state index in [9.17, 15) is 0 Å². The van der Waals surface area contributed by atoms with Crippen molar-refractivity contribution in [3.63, 3.8) is 0 Å². The molecule has 0 saturated heterocycles. The van der Waals surface area contributed by atoms with Crippen molar-refractivity contribution < 1.29 is 13.9 Å². The largest absolute Gasteiger partial charge is 0.420 e. The second-order valence-electron chi connectivity index (χ2n) is 4.89. The molecular formula is C12H29NO3Si. The summed E-state index contributed by atoms with van der Waals surface area (Å²) < 4.78 is 15.8. The van der Waals surface area contributed by atoms with E-state index in [1.165, 1.54) is 12.5 Å². The van der Waals surface area contributed by atoms with Gasteiger partial charge >= 0.3 is 0 Å². The Morgan fingerprint density at radius 1 is 0.882 bits per heavy atom. The van der Waals surface area contributed by atoms with Gasteiger partial charge in [-0.2, -0.15) is 0 Å². The van der Waals surface area contributed by atoms with Gasteiger partial charge in [-0.1, -0.05) is 0 Å². The lowest BCUT2D eigenvalue weighted by atomic mass is 10.4. The lowest BCUT2D eigenvalue weighted by Gasteiger charge is -2.24. The predicted octanol–water partition coefficient (Wildman–Crippen LogP) is 1.82. The van der Waals surface area contributed by atoms with E-state index < -0.39 is 8.32 Å². The van der Waals surface area contributed by atoms with E-state index in [0.717, 1.165) is 32.8 Å². The molecule has 0 aliphatic rings. The van der Waals surface area contributed by atoms with Crippen molar-refractivity contribution in [3.8, 4) is 0 Å². The van der Waals surface area contributed by atoms with Crippen LogP contribution in [-0.4, -0.2) is 67.4 Å². The molecule has 0 unspecified atom stereocenters. The van der Waals surface area contributed by atoms with Gasteiger partial charge in [0.15, 0.2) is 8.32 Å². The molecule has 104 valence electrons. The molecule has 5 heteroatoms. The van der Waals surface area contributed by atoms with E-state index in [1.54, 1.807) is 14.2 Å². The minimum absolute atomic E-state index is 0.787. The summed E-state index contributed by atoms with van der Waals surface area (Å²) in [6.07, 6.45) is 1.19. The molecule has 0 amide bonds. The van der Waals surface area contributed by atoms with Gasteiger partial charge in [-0.3, -0.25) is 4.90 Å². The zero-order chi connectivity index (χ0) is 13.1. The van der Waals surface area contributed by atoms with E-state index in [4.69, 9.17) is 13.9 Å². The Labute approximate surface area is 107 Å². The van der Waals surface area contributed by atoms with Gasteiger partial charge in [-0.25, -0.2) is 0 Å². The molecular weight excluding hydrogens is 234 g/mol. The third kappa shape index (κ3) is 9.73. The SMILES string of the molecule is COCCN(CCC[Si](C)(C)OC)CCOC. The lowest BCUT2D eigenvalue weighted by molar-refractivity contribution is 0.114. The van der Waals surface area contributed by atoms with E-state index >= 15 is 0 Å². The summed E-state index contributed by atoms with van der Waals surface area (Å²) in [5.41, 5.74) is 0. The Morgan fingerprint density at radius 3 is 1.82 bits per heavy atom. The second-order valence-corrected chi connectivity index (χ2v) is 9.32. The third-order valence-electron chi connectivity index (χ3n) is 3.03. The molecule has 0 bridgehead atoms. The Hall–Kier alpha value is 0.0569. The van der Waals surface area contributed by atoms with Gasteiger partial charge in [0.1, 0.15) is 0 Å². The maximum absolute atomic E-state index is 5.55. The summed E-state index contributed by atoms with van der Waals surface area (Å²) in [6.45, 7) is 9.17. The first-order chi connectivity index (χ1) is 8.05. The van der Waals surface area contributed by atoms with Gasteiger partial charge in [0.2, 0.25) is 0 Å². The van der Waals surface area contributed by atoms with Crippen molar-refractivity contribution in [2.24, 2.45) is 0 Å². The number of nitrogens with zero attached hydrogens (tertiary/aromatic N) is 1. The molecule has 0 spiro atoms. The first kappa shape index (κ1) is 17.1. The van der Waals surface area contributed by atoms with Gasteiger partial charge in [0.05, 0.1) is 13.2 Å². The molecule has 0 rings (SSSR count). The van der Waals surface area contributed by atoms with Crippen LogP contribution in [-0.2, 0) is 13.9 Å². The first-order valence-corrected chi connectivity index (χ1v) is 9.42. The van der Waals surface area contributed by atoms with Gasteiger partial charge in [0, 0.05) is 34.4 Å². The monoisotopic (exact) mass is 263 g/mol. The second kappa shape index (κ2) is 10.0. The number of methoxy groups -OCH3 is 2. The van der Waals surface area contributed by atoms with Gasteiger partial charge in [-0.05, 0) is 32.1 Å². The molecule has 17 heavy (non-hydrogen) atoms. The highest BCUT2D eigenvalue weighted by molar-refractivity contribution is 6.71. The molecule has 0 aromatic heterocycles. The third-order valence-corrected chi connectivity index (χ3v) is 5.69. The van der Waals surface area contributed by atoms with E-state index in [0.29, 0.717) is 0 Å². The van der Waals surface area contributed by atoms with Gasteiger partial charge < -0.3 is 13.9 Å². The van der Waals surface area contributed by atoms with Crippen LogP contribution in [0.3, 0.4) is 0 Å². The summed E-state index contributed by atoms with van der Waals surface area (Å²) in [5, 5.41) is 0. The van der Waals surface area contributed by atoms with E-state index in [1.807, 2.05) is 7.11 Å². The molecule has 0 aliphatic carbocycles. The molecule has 0 aromatic carbocycles. The molecule has 0 heterocycles. The zero-order valence-corrected chi connectivity index (χ0v) is 13.1. The van der Waals surface area contributed by atoms with Crippen molar-refractivity contribution in [2.75, 3.05) is 54.2 Å². The lowest BCUT2D eigenvalue weighted by Crippen LogP contribution is -2.34. The summed E-state index contributed by atoms with van der Waals surface area (Å²) in [5.74, 6) is 0. The van der Waals surface area contributed by atoms with Crippen molar-refractivity contribution in [1.29, 1.82) is 0 Å². The quantitative estimate of drug-likeness (QED) is 0.532. The Bertz CT molecular complexity index is 171. The van der Waals surface area contributed by atoms with Gasteiger partial charge in [-0.15, -0.1) is 0 Å².